The Kier molecular flexibility index (Phi) is 11.6. The van der Waals surface area contributed by atoms with Crippen molar-refractivity contribution in [3.63, 3.8) is 0 Å². The minimum atomic E-state index is -0.796. The van der Waals surface area contributed by atoms with Crippen LogP contribution in [0.2, 0.25) is 0 Å². The van der Waals surface area contributed by atoms with Crippen molar-refractivity contribution in [2.24, 2.45) is 5.92 Å². The third-order valence-electron chi connectivity index (χ3n) is 5.28. The van der Waals surface area contributed by atoms with Crippen molar-refractivity contribution in [3.05, 3.63) is 35.9 Å². The van der Waals surface area contributed by atoms with Crippen LogP contribution < -0.4 is 16.1 Å². The molecule has 0 aliphatic carbocycles. The van der Waals surface area contributed by atoms with E-state index in [2.05, 4.69) is 15.5 Å². The lowest BCUT2D eigenvalue weighted by atomic mass is 10.1. The first-order valence-corrected chi connectivity index (χ1v) is 11.5. The van der Waals surface area contributed by atoms with Gasteiger partial charge in [-0.25, -0.2) is 10.3 Å². The quantitative estimate of drug-likeness (QED) is 0.205. The Labute approximate surface area is 195 Å². The average molecular weight is 464 g/mol. The molecule has 1 aromatic rings. The van der Waals surface area contributed by atoms with Gasteiger partial charge in [-0.2, -0.15) is 0 Å². The summed E-state index contributed by atoms with van der Waals surface area (Å²) in [4.78, 5) is 41.1. The van der Waals surface area contributed by atoms with Crippen molar-refractivity contribution in [2.45, 2.75) is 32.7 Å². The lowest BCUT2D eigenvalue weighted by Gasteiger charge is -2.27. The highest BCUT2D eigenvalue weighted by Gasteiger charge is 2.25. The molecule has 0 saturated carbocycles. The molecule has 1 unspecified atom stereocenters. The molecule has 1 aromatic carbocycles. The molecule has 0 radical (unpaired) electrons. The van der Waals surface area contributed by atoms with Gasteiger partial charge in [0, 0.05) is 32.6 Å². The van der Waals surface area contributed by atoms with E-state index >= 15 is 0 Å². The van der Waals surface area contributed by atoms with E-state index in [-0.39, 0.29) is 18.4 Å². The van der Waals surface area contributed by atoms with Crippen LogP contribution >= 0.6 is 0 Å². The first-order chi connectivity index (χ1) is 15.9. The number of hydrogen-bond acceptors (Lipinski definition) is 6. The molecule has 0 bridgehead atoms. The van der Waals surface area contributed by atoms with Crippen molar-refractivity contribution in [3.8, 4) is 0 Å². The second kappa shape index (κ2) is 14.5. The molecule has 1 heterocycles. The number of hydrogen-bond donors (Lipinski definition) is 4. The van der Waals surface area contributed by atoms with Gasteiger partial charge in [0.15, 0.2) is 0 Å². The van der Waals surface area contributed by atoms with Gasteiger partial charge in [0.2, 0.25) is 5.91 Å². The Balaban J connectivity index is 1.98. The number of urea groups is 1. The van der Waals surface area contributed by atoms with Crippen LogP contribution in [-0.2, 0) is 20.7 Å². The smallest absolute Gasteiger partial charge is 0.318 e. The van der Waals surface area contributed by atoms with E-state index in [1.54, 1.807) is 5.48 Å². The highest BCUT2D eigenvalue weighted by atomic mass is 16.5. The first kappa shape index (κ1) is 26.6. The number of hydroxylamine groups is 1. The van der Waals surface area contributed by atoms with E-state index in [0.717, 1.165) is 44.8 Å². The number of nitrogens with zero attached hydrogens (tertiary/aromatic N) is 2. The van der Waals surface area contributed by atoms with Crippen LogP contribution in [0, 0.1) is 5.92 Å². The number of rotatable bonds is 12. The number of benzene rings is 1. The van der Waals surface area contributed by atoms with Gasteiger partial charge in [-0.1, -0.05) is 44.2 Å². The zero-order valence-electron chi connectivity index (χ0n) is 19.6. The SMILES string of the molecule is CC(C)CN(CC(=O)NO)C(=O)NC(Cc1ccccc1)C(=O)NCCCN1CCOCC1. The van der Waals surface area contributed by atoms with Gasteiger partial charge < -0.3 is 20.3 Å². The highest BCUT2D eigenvalue weighted by molar-refractivity contribution is 5.89. The summed E-state index contributed by atoms with van der Waals surface area (Å²) in [6.45, 7) is 8.47. The fourth-order valence-corrected chi connectivity index (χ4v) is 3.63. The Hall–Kier alpha value is -2.69. The topological polar surface area (TPSA) is 123 Å². The summed E-state index contributed by atoms with van der Waals surface area (Å²) < 4.78 is 5.35. The molecule has 10 nitrogen and oxygen atoms in total. The molecular weight excluding hydrogens is 426 g/mol. The molecule has 4 N–H and O–H groups in total. The summed E-state index contributed by atoms with van der Waals surface area (Å²) in [5.41, 5.74) is 2.46. The largest absolute Gasteiger partial charge is 0.379 e. The Morgan fingerprint density at radius 1 is 1.15 bits per heavy atom. The monoisotopic (exact) mass is 463 g/mol. The standard InChI is InChI=1S/C23H37N5O5/c1-18(2)16-28(17-21(29)26-32)23(31)25-20(15-19-7-4-3-5-8-19)22(30)24-9-6-10-27-11-13-33-14-12-27/h3-5,7-8,18,20,32H,6,9-17H2,1-2H3,(H,24,30)(H,25,31)(H,26,29). The highest BCUT2D eigenvalue weighted by Crippen LogP contribution is 2.06. The first-order valence-electron chi connectivity index (χ1n) is 11.5. The zero-order chi connectivity index (χ0) is 24.1. The summed E-state index contributed by atoms with van der Waals surface area (Å²) in [5, 5.41) is 14.6. The lowest BCUT2D eigenvalue weighted by Crippen LogP contribution is -2.54. The van der Waals surface area contributed by atoms with Crippen LogP contribution in [0.1, 0.15) is 25.8 Å². The third kappa shape index (κ3) is 10.2. The van der Waals surface area contributed by atoms with Crippen molar-refractivity contribution in [1.29, 1.82) is 0 Å². The van der Waals surface area contributed by atoms with Gasteiger partial charge >= 0.3 is 6.03 Å². The molecular formula is C23H37N5O5. The molecule has 1 saturated heterocycles. The maximum atomic E-state index is 13.0. The molecule has 0 spiro atoms. The fraction of sp³-hybridized carbons (Fsp3) is 0.609. The average Bonchev–Trinajstić information content (AvgIpc) is 2.81. The van der Waals surface area contributed by atoms with Crippen LogP contribution in [0.25, 0.3) is 0 Å². The van der Waals surface area contributed by atoms with Gasteiger partial charge in [-0.3, -0.25) is 19.7 Å². The van der Waals surface area contributed by atoms with Crippen LogP contribution in [0.4, 0.5) is 4.79 Å². The molecule has 10 heteroatoms. The summed E-state index contributed by atoms with van der Waals surface area (Å²) >= 11 is 0. The van der Waals surface area contributed by atoms with Gasteiger partial charge in [-0.05, 0) is 24.4 Å². The number of ether oxygens (including phenoxy) is 1. The number of amides is 4. The van der Waals surface area contributed by atoms with Gasteiger partial charge in [0.05, 0.1) is 13.2 Å². The maximum Gasteiger partial charge on any atom is 0.318 e. The normalized spacial score (nSPS) is 15.0. The second-order valence-corrected chi connectivity index (χ2v) is 8.60. The maximum absolute atomic E-state index is 13.0. The van der Waals surface area contributed by atoms with E-state index in [1.165, 1.54) is 4.90 Å². The van der Waals surface area contributed by atoms with Crippen molar-refractivity contribution >= 4 is 17.8 Å². The van der Waals surface area contributed by atoms with E-state index in [1.807, 2.05) is 44.2 Å². The van der Waals surface area contributed by atoms with Gasteiger partial charge in [0.1, 0.15) is 12.6 Å². The molecule has 2 rings (SSSR count). The fourth-order valence-electron chi connectivity index (χ4n) is 3.63. The molecule has 1 aliphatic rings. The van der Waals surface area contributed by atoms with Crippen LogP contribution in [-0.4, -0.2) is 91.4 Å². The van der Waals surface area contributed by atoms with Crippen molar-refractivity contribution in [1.82, 2.24) is 25.9 Å². The zero-order valence-corrected chi connectivity index (χ0v) is 19.6. The number of morpholine rings is 1. The molecule has 4 amide bonds. The molecule has 0 aromatic heterocycles. The number of carbonyl (C=O) groups excluding carboxylic acids is 3. The Morgan fingerprint density at radius 2 is 1.85 bits per heavy atom. The third-order valence-corrected chi connectivity index (χ3v) is 5.28. The summed E-state index contributed by atoms with van der Waals surface area (Å²) in [7, 11) is 0. The Bertz CT molecular complexity index is 740. The van der Waals surface area contributed by atoms with Crippen LogP contribution in [0.5, 0.6) is 0 Å². The van der Waals surface area contributed by atoms with E-state index in [4.69, 9.17) is 9.94 Å². The van der Waals surface area contributed by atoms with E-state index in [0.29, 0.717) is 19.5 Å². The van der Waals surface area contributed by atoms with E-state index < -0.39 is 18.0 Å². The van der Waals surface area contributed by atoms with Crippen molar-refractivity contribution in [2.75, 3.05) is 52.5 Å². The van der Waals surface area contributed by atoms with Gasteiger partial charge in [0.25, 0.3) is 5.91 Å². The van der Waals surface area contributed by atoms with E-state index in [9.17, 15) is 14.4 Å². The summed E-state index contributed by atoms with van der Waals surface area (Å²) in [5.74, 6) is -0.868. The van der Waals surface area contributed by atoms with Crippen molar-refractivity contribution < 1.29 is 24.3 Å². The van der Waals surface area contributed by atoms with Crippen LogP contribution in [0.15, 0.2) is 30.3 Å². The number of carbonyl (C=O) groups is 3. The predicted octanol–water partition coefficient (Wildman–Crippen LogP) is 0.609. The minimum Gasteiger partial charge on any atom is -0.379 e. The minimum absolute atomic E-state index is 0.101. The summed E-state index contributed by atoms with van der Waals surface area (Å²) in [6.07, 6.45) is 1.12. The molecule has 1 fully saturated rings. The second-order valence-electron chi connectivity index (χ2n) is 8.60. The Morgan fingerprint density at radius 3 is 2.48 bits per heavy atom. The molecule has 184 valence electrons. The van der Waals surface area contributed by atoms with Crippen LogP contribution in [0.3, 0.4) is 0 Å². The number of nitrogens with one attached hydrogen (secondary N) is 3. The summed E-state index contributed by atoms with van der Waals surface area (Å²) in [6, 6.07) is 8.12. The predicted molar refractivity (Wildman–Crippen MR) is 124 cm³/mol. The van der Waals surface area contributed by atoms with Gasteiger partial charge in [-0.15, -0.1) is 0 Å². The molecule has 1 aliphatic heterocycles. The molecule has 1 atom stereocenters. The lowest BCUT2D eigenvalue weighted by molar-refractivity contribution is -0.129. The molecule has 33 heavy (non-hydrogen) atoms.